The molecule has 2 aromatic carbocycles. The van der Waals surface area contributed by atoms with Gasteiger partial charge in [-0.2, -0.15) is 0 Å². The molecule has 1 heterocycles. The summed E-state index contributed by atoms with van der Waals surface area (Å²) in [5.74, 6) is 2.80. The molecular weight excluding hydrogens is 346 g/mol. The first-order valence-corrected chi connectivity index (χ1v) is 9.04. The van der Waals surface area contributed by atoms with Gasteiger partial charge in [0.25, 0.3) is 0 Å². The standard InChI is InChI=1S/C21H27NO5/c1-24-18-6-4-5-7-19(18)27-14-17(23)13-22-9-8-15-10-20(25-2)21(26-3)11-16(15)12-22/h4-7,10-11,17,23H,8-9,12-14H2,1-3H3. The molecule has 1 aliphatic heterocycles. The third-order valence-corrected chi connectivity index (χ3v) is 4.77. The number of nitrogens with zero attached hydrogens (tertiary/aromatic N) is 1. The van der Waals surface area contributed by atoms with Crippen LogP contribution in [0.5, 0.6) is 23.0 Å². The van der Waals surface area contributed by atoms with Gasteiger partial charge in [0.15, 0.2) is 23.0 Å². The number of methoxy groups -OCH3 is 3. The van der Waals surface area contributed by atoms with E-state index in [-0.39, 0.29) is 6.61 Å². The van der Waals surface area contributed by atoms with E-state index in [2.05, 4.69) is 4.90 Å². The van der Waals surface area contributed by atoms with Crippen molar-refractivity contribution in [2.45, 2.75) is 19.1 Å². The Morgan fingerprint density at radius 2 is 1.56 bits per heavy atom. The zero-order valence-corrected chi connectivity index (χ0v) is 16.1. The molecule has 1 N–H and O–H groups in total. The highest BCUT2D eigenvalue weighted by molar-refractivity contribution is 5.48. The second-order valence-corrected chi connectivity index (χ2v) is 6.58. The summed E-state index contributed by atoms with van der Waals surface area (Å²) in [5.41, 5.74) is 2.47. The van der Waals surface area contributed by atoms with E-state index in [1.165, 1.54) is 11.1 Å². The monoisotopic (exact) mass is 373 g/mol. The van der Waals surface area contributed by atoms with Crippen molar-refractivity contribution >= 4 is 0 Å². The molecule has 1 aliphatic rings. The fourth-order valence-electron chi connectivity index (χ4n) is 3.37. The van der Waals surface area contributed by atoms with Gasteiger partial charge in [-0.25, -0.2) is 0 Å². The van der Waals surface area contributed by atoms with Crippen LogP contribution in [0.3, 0.4) is 0 Å². The predicted molar refractivity (Wildman–Crippen MR) is 103 cm³/mol. The van der Waals surface area contributed by atoms with Gasteiger partial charge in [-0.1, -0.05) is 12.1 Å². The molecule has 0 saturated carbocycles. The van der Waals surface area contributed by atoms with Gasteiger partial charge in [-0.3, -0.25) is 4.90 Å². The lowest BCUT2D eigenvalue weighted by molar-refractivity contribution is 0.0628. The zero-order chi connectivity index (χ0) is 19.2. The molecule has 0 aliphatic carbocycles. The SMILES string of the molecule is COc1cc2c(cc1OC)CN(CC(O)COc1ccccc1OC)CC2. The highest BCUT2D eigenvalue weighted by Crippen LogP contribution is 2.33. The molecule has 6 nitrogen and oxygen atoms in total. The van der Waals surface area contributed by atoms with Crippen LogP contribution in [-0.2, 0) is 13.0 Å². The minimum Gasteiger partial charge on any atom is -0.493 e. The number of β-amino-alcohol motifs (C(OH)–C–C–N with tert-alkyl or cyclic N) is 1. The fourth-order valence-corrected chi connectivity index (χ4v) is 3.37. The second kappa shape index (κ2) is 8.97. The maximum atomic E-state index is 10.4. The molecule has 0 fully saturated rings. The molecule has 0 radical (unpaired) electrons. The van der Waals surface area contributed by atoms with E-state index in [9.17, 15) is 5.11 Å². The van der Waals surface area contributed by atoms with Crippen LogP contribution < -0.4 is 18.9 Å². The Kier molecular flexibility index (Phi) is 6.42. The molecule has 2 aromatic rings. The smallest absolute Gasteiger partial charge is 0.161 e. The van der Waals surface area contributed by atoms with Crippen LogP contribution in [-0.4, -0.2) is 57.1 Å². The van der Waals surface area contributed by atoms with E-state index in [1.54, 1.807) is 21.3 Å². The summed E-state index contributed by atoms with van der Waals surface area (Å²) >= 11 is 0. The first-order valence-electron chi connectivity index (χ1n) is 9.04. The maximum Gasteiger partial charge on any atom is 0.161 e. The van der Waals surface area contributed by atoms with Crippen molar-refractivity contribution in [2.24, 2.45) is 0 Å². The van der Waals surface area contributed by atoms with Gasteiger partial charge in [-0.15, -0.1) is 0 Å². The van der Waals surface area contributed by atoms with Gasteiger partial charge in [0.2, 0.25) is 0 Å². The summed E-state index contributed by atoms with van der Waals surface area (Å²) in [4.78, 5) is 2.23. The van der Waals surface area contributed by atoms with Gasteiger partial charge < -0.3 is 24.1 Å². The quantitative estimate of drug-likeness (QED) is 0.767. The number of aliphatic hydroxyl groups excluding tert-OH is 1. The Morgan fingerprint density at radius 1 is 0.926 bits per heavy atom. The third kappa shape index (κ3) is 4.64. The third-order valence-electron chi connectivity index (χ3n) is 4.77. The summed E-state index contributed by atoms with van der Waals surface area (Å²) < 4.78 is 21.8. The van der Waals surface area contributed by atoms with E-state index in [0.717, 1.165) is 31.0 Å². The maximum absolute atomic E-state index is 10.4. The Labute approximate surface area is 160 Å². The molecule has 0 saturated heterocycles. The zero-order valence-electron chi connectivity index (χ0n) is 16.1. The average Bonchev–Trinajstić information content (AvgIpc) is 2.71. The number of para-hydroxylation sites is 2. The van der Waals surface area contributed by atoms with Crippen molar-refractivity contribution in [2.75, 3.05) is 41.0 Å². The topological polar surface area (TPSA) is 60.4 Å². The summed E-state index contributed by atoms with van der Waals surface area (Å²) in [6, 6.07) is 11.5. The van der Waals surface area contributed by atoms with Gasteiger partial charge in [0.1, 0.15) is 12.7 Å². The number of aliphatic hydroxyl groups is 1. The molecule has 0 bridgehead atoms. The minimum absolute atomic E-state index is 0.218. The van der Waals surface area contributed by atoms with E-state index >= 15 is 0 Å². The van der Waals surface area contributed by atoms with Crippen molar-refractivity contribution in [1.82, 2.24) is 4.90 Å². The minimum atomic E-state index is -0.586. The number of fused-ring (bicyclic) bond motifs is 1. The van der Waals surface area contributed by atoms with Crippen LogP contribution in [0.25, 0.3) is 0 Å². The number of rotatable bonds is 8. The highest BCUT2D eigenvalue weighted by atomic mass is 16.5. The Bertz CT molecular complexity index is 764. The van der Waals surface area contributed by atoms with Crippen molar-refractivity contribution in [3.8, 4) is 23.0 Å². The molecular formula is C21H27NO5. The van der Waals surface area contributed by atoms with Crippen LogP contribution in [0.2, 0.25) is 0 Å². The van der Waals surface area contributed by atoms with Crippen LogP contribution in [0.1, 0.15) is 11.1 Å². The van der Waals surface area contributed by atoms with Crippen molar-refractivity contribution in [3.05, 3.63) is 47.5 Å². The lowest BCUT2D eigenvalue weighted by Crippen LogP contribution is -2.38. The van der Waals surface area contributed by atoms with Gasteiger partial charge in [0, 0.05) is 19.6 Å². The highest BCUT2D eigenvalue weighted by Gasteiger charge is 2.21. The lowest BCUT2D eigenvalue weighted by Gasteiger charge is -2.31. The predicted octanol–water partition coefficient (Wildman–Crippen LogP) is 2.51. The average molecular weight is 373 g/mol. The fraction of sp³-hybridized carbons (Fsp3) is 0.429. The summed E-state index contributed by atoms with van der Waals surface area (Å²) in [5, 5.41) is 10.4. The van der Waals surface area contributed by atoms with Gasteiger partial charge in [-0.05, 0) is 41.8 Å². The molecule has 146 valence electrons. The summed E-state index contributed by atoms with van der Waals surface area (Å²) in [6.07, 6.45) is 0.326. The van der Waals surface area contributed by atoms with Gasteiger partial charge >= 0.3 is 0 Å². The van der Waals surface area contributed by atoms with Crippen molar-refractivity contribution in [1.29, 1.82) is 0 Å². The van der Waals surface area contributed by atoms with E-state index in [4.69, 9.17) is 18.9 Å². The normalized spacial score (nSPS) is 15.0. The molecule has 3 rings (SSSR count). The first kappa shape index (κ1) is 19.3. The van der Waals surface area contributed by atoms with Crippen molar-refractivity contribution < 1.29 is 24.1 Å². The van der Waals surface area contributed by atoms with E-state index in [1.807, 2.05) is 36.4 Å². The Morgan fingerprint density at radius 3 is 2.22 bits per heavy atom. The van der Waals surface area contributed by atoms with Crippen LogP contribution in [0, 0.1) is 0 Å². The first-order chi connectivity index (χ1) is 13.1. The summed E-state index contributed by atoms with van der Waals surface area (Å²) in [7, 11) is 4.90. The number of hydrogen-bond donors (Lipinski definition) is 1. The Hall–Kier alpha value is -2.44. The molecule has 1 atom stereocenters. The molecule has 1 unspecified atom stereocenters. The molecule has 0 aromatic heterocycles. The lowest BCUT2D eigenvalue weighted by atomic mass is 9.98. The number of ether oxygens (including phenoxy) is 4. The van der Waals surface area contributed by atoms with Crippen LogP contribution in [0.15, 0.2) is 36.4 Å². The molecule has 27 heavy (non-hydrogen) atoms. The summed E-state index contributed by atoms with van der Waals surface area (Å²) in [6.45, 7) is 2.41. The van der Waals surface area contributed by atoms with Crippen LogP contribution >= 0.6 is 0 Å². The second-order valence-electron chi connectivity index (χ2n) is 6.58. The molecule has 0 amide bonds. The largest absolute Gasteiger partial charge is 0.493 e. The Balaban J connectivity index is 1.57. The number of benzene rings is 2. The van der Waals surface area contributed by atoms with Crippen LogP contribution in [0.4, 0.5) is 0 Å². The van der Waals surface area contributed by atoms with E-state index < -0.39 is 6.10 Å². The molecule has 6 heteroatoms. The van der Waals surface area contributed by atoms with E-state index in [0.29, 0.717) is 18.0 Å². The van der Waals surface area contributed by atoms with Gasteiger partial charge in [0.05, 0.1) is 21.3 Å². The number of hydrogen-bond acceptors (Lipinski definition) is 6. The molecule has 0 spiro atoms. The van der Waals surface area contributed by atoms with Crippen molar-refractivity contribution in [3.63, 3.8) is 0 Å².